The number of carbonyl (C=O) groups excluding carboxylic acids is 2. The number of morpholine rings is 1. The Labute approximate surface area is 277 Å². The highest BCUT2D eigenvalue weighted by Gasteiger charge is 2.31. The van der Waals surface area contributed by atoms with Crippen LogP contribution in [0.4, 0.5) is 5.69 Å². The van der Waals surface area contributed by atoms with Crippen molar-refractivity contribution in [1.82, 2.24) is 20.1 Å². The summed E-state index contributed by atoms with van der Waals surface area (Å²) in [6.07, 6.45) is 5.81. The van der Waals surface area contributed by atoms with Crippen LogP contribution in [0.5, 0.6) is 0 Å². The Bertz CT molecular complexity index is 1560. The van der Waals surface area contributed by atoms with Gasteiger partial charge in [0.1, 0.15) is 0 Å². The summed E-state index contributed by atoms with van der Waals surface area (Å²) in [6.45, 7) is 15.3. The molecule has 2 aliphatic rings. The van der Waals surface area contributed by atoms with E-state index in [0.717, 1.165) is 56.9 Å². The Balaban J connectivity index is 1.60. The molecule has 254 valence electrons. The summed E-state index contributed by atoms with van der Waals surface area (Å²) in [6, 6.07) is 5.51. The van der Waals surface area contributed by atoms with Crippen LogP contribution in [0.25, 0.3) is 5.57 Å². The molecule has 2 saturated heterocycles. The summed E-state index contributed by atoms with van der Waals surface area (Å²) in [5.41, 5.74) is 10.0. The van der Waals surface area contributed by atoms with Crippen molar-refractivity contribution in [3.8, 4) is 0 Å². The quantitative estimate of drug-likeness (QED) is 0.234. The van der Waals surface area contributed by atoms with Gasteiger partial charge in [-0.25, -0.2) is 0 Å². The smallest absolute Gasteiger partial charge is 0.253 e. The lowest BCUT2D eigenvalue weighted by Gasteiger charge is -2.36. The monoisotopic (exact) mass is 646 g/mol. The van der Waals surface area contributed by atoms with Gasteiger partial charge < -0.3 is 36.4 Å². The number of pyridine rings is 1. The predicted octanol–water partition coefficient (Wildman–Crippen LogP) is 3.07. The molecule has 0 atom stereocenters. The number of nitrogens with two attached hydrogens (primary N) is 1. The topological polar surface area (TPSA) is 169 Å². The highest BCUT2D eigenvalue weighted by Crippen LogP contribution is 2.28. The number of hydrogen-bond donors (Lipinski definition) is 5. The number of aromatic nitrogens is 1. The third kappa shape index (κ3) is 9.39. The number of allylic oxidation sites excluding steroid dienone is 1. The second-order valence-electron chi connectivity index (χ2n) is 13.3. The molecule has 3 heterocycles. The maximum absolute atomic E-state index is 13.7. The average Bonchev–Trinajstić information content (AvgIpc) is 3.04. The van der Waals surface area contributed by atoms with Crippen LogP contribution in [0.1, 0.15) is 71.9 Å². The van der Waals surface area contributed by atoms with E-state index in [-0.39, 0.29) is 29.6 Å². The van der Waals surface area contributed by atoms with E-state index in [9.17, 15) is 14.4 Å². The molecule has 0 spiro atoms. The zero-order chi connectivity index (χ0) is 34.1. The first-order valence-electron chi connectivity index (χ1n) is 16.4. The molecule has 0 radical (unpaired) electrons. The molecule has 2 amide bonds. The number of amides is 2. The Kier molecular flexibility index (Phi) is 12.1. The molecule has 2 aromatic rings. The van der Waals surface area contributed by atoms with Crippen LogP contribution in [0.2, 0.25) is 0 Å². The summed E-state index contributed by atoms with van der Waals surface area (Å²) in [5.74, 6) is -0.288. The van der Waals surface area contributed by atoms with Crippen LogP contribution < -0.4 is 21.9 Å². The number of aryl methyl sites for hydroxylation is 2. The first-order valence-corrected chi connectivity index (χ1v) is 16.4. The molecular formula is C35H50N8O4. The molecule has 0 aliphatic carbocycles. The summed E-state index contributed by atoms with van der Waals surface area (Å²) >= 11 is 0. The number of nitrogens with one attached hydrogen (secondary N) is 4. The number of aliphatic imine (C=N–C) groups is 1. The number of likely N-dealkylation sites (tertiary alicyclic amines) is 1. The van der Waals surface area contributed by atoms with Crippen molar-refractivity contribution < 1.29 is 14.3 Å². The highest BCUT2D eigenvalue weighted by molar-refractivity contribution is 6.12. The van der Waals surface area contributed by atoms with E-state index in [2.05, 4.69) is 25.5 Å². The fraction of sp³-hybridized carbons (Fsp3) is 0.514. The molecule has 1 aromatic carbocycles. The van der Waals surface area contributed by atoms with Crippen molar-refractivity contribution >= 4 is 35.5 Å². The molecule has 47 heavy (non-hydrogen) atoms. The predicted molar refractivity (Wildman–Crippen MR) is 187 cm³/mol. The minimum Gasteiger partial charge on any atom is -0.404 e. The fourth-order valence-electron chi connectivity index (χ4n) is 5.97. The number of nitrogens with zero attached hydrogens (tertiary/aromatic N) is 3. The minimum absolute atomic E-state index is 0.0325. The van der Waals surface area contributed by atoms with Crippen molar-refractivity contribution in [1.29, 1.82) is 5.41 Å². The molecule has 2 aliphatic heterocycles. The lowest BCUT2D eigenvalue weighted by Crippen LogP contribution is -2.46. The lowest BCUT2D eigenvalue weighted by molar-refractivity contribution is -0.140. The minimum atomic E-state index is -0.444. The second-order valence-corrected chi connectivity index (χ2v) is 13.3. The standard InChI is InChI=1S/C35H50N8O4/c1-23-16-24(2)40-33(45)30(23)22-39-32(44)28-17-25(26(19-36)21-38-8-11-42-12-14-47-15-13-42)18-31(29(28)20-37)41-27-6-9-43(10-7-27)34(46)35(3,4)5/h16-21,27,37,41H,6-15,22,36H2,1-5H3,(H,39,44)(H,40,45). The fourth-order valence-corrected chi connectivity index (χ4v) is 5.97. The second kappa shape index (κ2) is 16.0. The average molecular weight is 647 g/mol. The van der Waals surface area contributed by atoms with Gasteiger partial charge in [0.2, 0.25) is 5.91 Å². The van der Waals surface area contributed by atoms with Crippen LogP contribution in [0.15, 0.2) is 34.2 Å². The van der Waals surface area contributed by atoms with Crippen LogP contribution in [-0.4, -0.2) is 97.6 Å². The number of hydrogen-bond acceptors (Lipinski definition) is 9. The largest absolute Gasteiger partial charge is 0.404 e. The number of piperidine rings is 1. The molecule has 12 nitrogen and oxygen atoms in total. The van der Waals surface area contributed by atoms with E-state index in [4.69, 9.17) is 15.9 Å². The van der Waals surface area contributed by atoms with Crippen molar-refractivity contribution in [2.45, 2.75) is 60.0 Å². The van der Waals surface area contributed by atoms with Gasteiger partial charge in [0.15, 0.2) is 0 Å². The molecule has 0 unspecified atom stereocenters. The van der Waals surface area contributed by atoms with Crippen LogP contribution in [-0.2, 0) is 16.1 Å². The van der Waals surface area contributed by atoms with E-state index in [1.165, 1.54) is 12.4 Å². The van der Waals surface area contributed by atoms with Crippen molar-refractivity contribution in [2.75, 3.05) is 57.8 Å². The van der Waals surface area contributed by atoms with Crippen molar-refractivity contribution in [3.05, 3.63) is 68.3 Å². The number of aromatic amines is 1. The Morgan fingerprint density at radius 3 is 2.45 bits per heavy atom. The molecular weight excluding hydrogens is 596 g/mol. The Morgan fingerprint density at radius 1 is 1.13 bits per heavy atom. The summed E-state index contributed by atoms with van der Waals surface area (Å²) in [7, 11) is 0. The Morgan fingerprint density at radius 2 is 1.83 bits per heavy atom. The third-order valence-corrected chi connectivity index (χ3v) is 8.66. The zero-order valence-corrected chi connectivity index (χ0v) is 28.4. The van der Waals surface area contributed by atoms with Gasteiger partial charge in [-0.15, -0.1) is 0 Å². The number of anilines is 1. The van der Waals surface area contributed by atoms with Gasteiger partial charge in [-0.05, 0) is 56.0 Å². The van der Waals surface area contributed by atoms with E-state index in [1.807, 2.05) is 51.7 Å². The van der Waals surface area contributed by atoms with Gasteiger partial charge in [0.25, 0.3) is 11.5 Å². The number of ether oxygens (including phenoxy) is 1. The molecule has 1 aromatic heterocycles. The van der Waals surface area contributed by atoms with Gasteiger partial charge in [0, 0.05) is 97.4 Å². The summed E-state index contributed by atoms with van der Waals surface area (Å²) in [5, 5.41) is 14.8. The molecule has 0 bridgehead atoms. The van der Waals surface area contributed by atoms with E-state index < -0.39 is 11.3 Å². The SMILES string of the molecule is Cc1cc(C)c(CNC(=O)c2cc(C(C=NCCN3CCOCC3)=CN)cc(NC3CCN(C(=O)C(C)(C)C)CC3)c2C=N)c(=O)[nH]1. The summed E-state index contributed by atoms with van der Waals surface area (Å²) < 4.78 is 5.43. The Hall–Kier alpha value is -4.29. The number of carbonyl (C=O) groups is 2. The molecule has 6 N–H and O–H groups in total. The highest BCUT2D eigenvalue weighted by atomic mass is 16.5. The zero-order valence-electron chi connectivity index (χ0n) is 28.4. The van der Waals surface area contributed by atoms with Crippen LogP contribution in [0.3, 0.4) is 0 Å². The third-order valence-electron chi connectivity index (χ3n) is 8.66. The molecule has 2 fully saturated rings. The van der Waals surface area contributed by atoms with E-state index >= 15 is 0 Å². The number of rotatable bonds is 11. The summed E-state index contributed by atoms with van der Waals surface area (Å²) in [4.78, 5) is 50.8. The van der Waals surface area contributed by atoms with Gasteiger partial charge >= 0.3 is 0 Å². The first-order chi connectivity index (χ1) is 22.4. The maximum atomic E-state index is 13.7. The van der Waals surface area contributed by atoms with Gasteiger partial charge in [-0.3, -0.25) is 24.3 Å². The molecule has 0 saturated carbocycles. The number of H-pyrrole nitrogens is 1. The maximum Gasteiger partial charge on any atom is 0.253 e. The van der Waals surface area contributed by atoms with Crippen LogP contribution >= 0.6 is 0 Å². The normalized spacial score (nSPS) is 16.8. The van der Waals surface area contributed by atoms with Crippen molar-refractivity contribution in [2.24, 2.45) is 16.1 Å². The van der Waals surface area contributed by atoms with Crippen molar-refractivity contribution in [3.63, 3.8) is 0 Å². The van der Waals surface area contributed by atoms with Gasteiger partial charge in [0.05, 0.1) is 25.3 Å². The van der Waals surface area contributed by atoms with E-state index in [0.29, 0.717) is 47.6 Å². The number of benzene rings is 1. The van der Waals surface area contributed by atoms with Gasteiger partial charge in [-0.1, -0.05) is 20.8 Å². The lowest BCUT2D eigenvalue weighted by atomic mass is 9.92. The molecule has 12 heteroatoms. The van der Waals surface area contributed by atoms with E-state index in [1.54, 1.807) is 12.3 Å². The van der Waals surface area contributed by atoms with Gasteiger partial charge in [-0.2, -0.15) is 0 Å². The first kappa shape index (κ1) is 35.6. The molecule has 4 rings (SSSR count). The van der Waals surface area contributed by atoms with Crippen LogP contribution in [0, 0.1) is 24.7 Å².